The van der Waals surface area contributed by atoms with Crippen molar-refractivity contribution in [3.05, 3.63) is 81.1 Å². The van der Waals surface area contributed by atoms with Crippen molar-refractivity contribution < 1.29 is 4.79 Å². The van der Waals surface area contributed by atoms with E-state index in [0.717, 1.165) is 11.3 Å². The van der Waals surface area contributed by atoms with E-state index in [1.165, 1.54) is 28.7 Å². The summed E-state index contributed by atoms with van der Waals surface area (Å²) in [4.78, 5) is 36.2. The third-order valence-corrected chi connectivity index (χ3v) is 7.03. The molecule has 0 saturated carbocycles. The number of carbonyl (C=O) groups is 1. The Hall–Kier alpha value is -2.97. The third kappa shape index (κ3) is 4.76. The first kappa shape index (κ1) is 22.2. The van der Waals surface area contributed by atoms with Crippen LogP contribution in [0.2, 0.25) is 0 Å². The van der Waals surface area contributed by atoms with Gasteiger partial charge in [0.15, 0.2) is 10.3 Å². The van der Waals surface area contributed by atoms with Gasteiger partial charge in [-0.05, 0) is 31.5 Å². The summed E-state index contributed by atoms with van der Waals surface area (Å²) in [6.45, 7) is 6.55. The zero-order valence-corrected chi connectivity index (χ0v) is 19.9. The van der Waals surface area contributed by atoms with E-state index in [2.05, 4.69) is 4.98 Å². The maximum absolute atomic E-state index is 13.3. The lowest BCUT2D eigenvalue weighted by Crippen LogP contribution is -2.27. The molecule has 4 rings (SSSR count). The minimum atomic E-state index is -0.0496. The van der Waals surface area contributed by atoms with E-state index >= 15 is 0 Å². The lowest BCUT2D eigenvalue weighted by molar-refractivity contribution is -0.116. The Morgan fingerprint density at radius 3 is 2.59 bits per heavy atom. The summed E-state index contributed by atoms with van der Waals surface area (Å²) < 4.78 is 1.73. The van der Waals surface area contributed by atoms with Gasteiger partial charge in [-0.2, -0.15) is 0 Å². The number of hydrogen-bond donors (Lipinski definition) is 0. The summed E-state index contributed by atoms with van der Waals surface area (Å²) in [6.07, 6.45) is 0. The molecule has 0 aliphatic carbocycles. The molecule has 0 spiro atoms. The highest BCUT2D eigenvalue weighted by Crippen LogP contribution is 2.27. The van der Waals surface area contributed by atoms with Crippen LogP contribution in [0.4, 0.5) is 5.13 Å². The lowest BCUT2D eigenvalue weighted by Gasteiger charge is -2.14. The first-order valence-corrected chi connectivity index (χ1v) is 12.2. The Bertz CT molecular complexity index is 1310. The number of aromatic nitrogens is 3. The van der Waals surface area contributed by atoms with E-state index in [4.69, 9.17) is 4.98 Å². The van der Waals surface area contributed by atoms with Crippen molar-refractivity contribution in [3.63, 3.8) is 0 Å². The van der Waals surface area contributed by atoms with Gasteiger partial charge in [0.25, 0.3) is 5.56 Å². The van der Waals surface area contributed by atoms with Crippen LogP contribution in [0.3, 0.4) is 0 Å². The van der Waals surface area contributed by atoms with E-state index in [1.807, 2.05) is 67.8 Å². The lowest BCUT2D eigenvalue weighted by atomic mass is 10.1. The molecule has 2 heterocycles. The molecule has 0 N–H and O–H groups in total. The molecule has 1 amide bonds. The first-order valence-electron chi connectivity index (χ1n) is 10.4. The highest BCUT2D eigenvalue weighted by Gasteiger charge is 2.16. The van der Waals surface area contributed by atoms with Gasteiger partial charge in [-0.25, -0.2) is 9.97 Å². The molecule has 0 bridgehead atoms. The quantitative estimate of drug-likeness (QED) is 0.288. The summed E-state index contributed by atoms with van der Waals surface area (Å²) in [5.74, 6) is 0.536. The number of nitrogens with zero attached hydrogens (tertiary/aromatic N) is 4. The fraction of sp³-hybridized carbons (Fsp3) is 0.250. The van der Waals surface area contributed by atoms with Gasteiger partial charge >= 0.3 is 0 Å². The maximum Gasteiger partial charge on any atom is 0.262 e. The van der Waals surface area contributed by atoms with Crippen LogP contribution in [0, 0.1) is 6.92 Å². The first-order chi connectivity index (χ1) is 15.5. The van der Waals surface area contributed by atoms with Crippen LogP contribution in [0.5, 0.6) is 0 Å². The molecule has 0 fully saturated rings. The SMILES string of the molecule is CCN(C(C)=O)c1nc(CSc2nc3ccccc3c(=O)n2Cc2ccc(C)cc2)cs1. The van der Waals surface area contributed by atoms with E-state index in [-0.39, 0.29) is 11.5 Å². The fourth-order valence-electron chi connectivity index (χ4n) is 3.39. The highest BCUT2D eigenvalue weighted by molar-refractivity contribution is 7.98. The molecule has 32 heavy (non-hydrogen) atoms. The molecule has 0 atom stereocenters. The van der Waals surface area contributed by atoms with E-state index in [0.29, 0.717) is 40.0 Å². The Morgan fingerprint density at radius 1 is 1.12 bits per heavy atom. The predicted molar refractivity (Wildman–Crippen MR) is 132 cm³/mol. The molecular formula is C24H24N4O2S2. The molecule has 0 aliphatic rings. The number of para-hydroxylation sites is 1. The molecule has 8 heteroatoms. The van der Waals surface area contributed by atoms with Crippen molar-refractivity contribution >= 4 is 45.0 Å². The van der Waals surface area contributed by atoms with Crippen molar-refractivity contribution in [3.8, 4) is 0 Å². The van der Waals surface area contributed by atoms with Crippen LogP contribution in [-0.2, 0) is 17.1 Å². The highest BCUT2D eigenvalue weighted by atomic mass is 32.2. The summed E-state index contributed by atoms with van der Waals surface area (Å²) in [5, 5.41) is 3.92. The zero-order valence-electron chi connectivity index (χ0n) is 18.2. The maximum atomic E-state index is 13.3. The number of hydrogen-bond acceptors (Lipinski definition) is 6. The standard InChI is InChI=1S/C24H24N4O2S2/c1-4-27(17(3)29)23-25-19(14-31-23)15-32-24-26-21-8-6-5-7-20(21)22(30)28(24)13-18-11-9-16(2)10-12-18/h5-12,14H,4,13,15H2,1-3H3. The van der Waals surface area contributed by atoms with E-state index in [1.54, 1.807) is 16.4 Å². The predicted octanol–water partition coefficient (Wildman–Crippen LogP) is 4.87. The minimum Gasteiger partial charge on any atom is -0.289 e. The number of carbonyl (C=O) groups excluding carboxylic acids is 1. The van der Waals surface area contributed by atoms with E-state index < -0.39 is 0 Å². The number of fused-ring (bicyclic) bond motifs is 1. The van der Waals surface area contributed by atoms with Crippen LogP contribution in [0.1, 0.15) is 30.7 Å². The monoisotopic (exact) mass is 464 g/mol. The van der Waals surface area contributed by atoms with E-state index in [9.17, 15) is 9.59 Å². The summed E-state index contributed by atoms with van der Waals surface area (Å²) >= 11 is 2.94. The smallest absolute Gasteiger partial charge is 0.262 e. The molecule has 2 aromatic carbocycles. The molecule has 164 valence electrons. The zero-order chi connectivity index (χ0) is 22.7. The number of rotatable bonds is 7. The van der Waals surface area contributed by atoms with Crippen LogP contribution < -0.4 is 10.5 Å². The van der Waals surface area contributed by atoms with Crippen molar-refractivity contribution in [1.82, 2.24) is 14.5 Å². The number of amides is 1. The molecule has 6 nitrogen and oxygen atoms in total. The average molecular weight is 465 g/mol. The van der Waals surface area contributed by atoms with Crippen molar-refractivity contribution in [2.75, 3.05) is 11.4 Å². The Labute approximate surface area is 194 Å². The van der Waals surface area contributed by atoms with Crippen LogP contribution in [-0.4, -0.2) is 27.0 Å². The second-order valence-corrected chi connectivity index (χ2v) is 9.24. The second kappa shape index (κ2) is 9.67. The number of thiazole rings is 1. The van der Waals surface area contributed by atoms with Gasteiger partial charge in [-0.3, -0.25) is 19.1 Å². The normalized spacial score (nSPS) is 11.1. The van der Waals surface area contributed by atoms with Crippen molar-refractivity contribution in [1.29, 1.82) is 0 Å². The number of anilines is 1. The fourth-order valence-corrected chi connectivity index (χ4v) is 5.32. The molecule has 2 aromatic heterocycles. The van der Waals surface area contributed by atoms with Gasteiger partial charge in [0.05, 0.1) is 23.1 Å². The van der Waals surface area contributed by atoms with Crippen molar-refractivity contribution in [2.45, 2.75) is 38.2 Å². The number of benzene rings is 2. The summed E-state index contributed by atoms with van der Waals surface area (Å²) in [6, 6.07) is 15.6. The average Bonchev–Trinajstić information content (AvgIpc) is 3.24. The topological polar surface area (TPSA) is 68.1 Å². The Morgan fingerprint density at radius 2 is 1.88 bits per heavy atom. The van der Waals surface area contributed by atoms with Gasteiger partial charge in [-0.1, -0.05) is 53.7 Å². The van der Waals surface area contributed by atoms with Gasteiger partial charge in [0, 0.05) is 24.6 Å². The van der Waals surface area contributed by atoms with Gasteiger partial charge in [0.2, 0.25) is 5.91 Å². The molecule has 4 aromatic rings. The molecule has 0 aliphatic heterocycles. The van der Waals surface area contributed by atoms with Crippen LogP contribution >= 0.6 is 23.1 Å². The number of thioether (sulfide) groups is 1. The minimum absolute atomic E-state index is 0.0239. The summed E-state index contributed by atoms with van der Waals surface area (Å²) in [7, 11) is 0. The Kier molecular flexibility index (Phi) is 6.72. The molecule has 0 radical (unpaired) electrons. The number of aryl methyl sites for hydroxylation is 1. The van der Waals surface area contributed by atoms with Gasteiger partial charge in [0.1, 0.15) is 0 Å². The molecule has 0 unspecified atom stereocenters. The van der Waals surface area contributed by atoms with Gasteiger partial charge in [-0.15, -0.1) is 11.3 Å². The van der Waals surface area contributed by atoms with Gasteiger partial charge < -0.3 is 0 Å². The van der Waals surface area contributed by atoms with Crippen LogP contribution in [0.25, 0.3) is 10.9 Å². The third-order valence-electron chi connectivity index (χ3n) is 5.10. The van der Waals surface area contributed by atoms with Crippen LogP contribution in [0.15, 0.2) is 63.9 Å². The molecular weight excluding hydrogens is 440 g/mol. The summed E-state index contributed by atoms with van der Waals surface area (Å²) in [5.41, 5.74) is 3.73. The largest absolute Gasteiger partial charge is 0.289 e. The van der Waals surface area contributed by atoms with Crippen molar-refractivity contribution in [2.24, 2.45) is 0 Å². The second-order valence-electron chi connectivity index (χ2n) is 7.46. The Balaban J connectivity index is 1.65. The molecule has 0 saturated heterocycles.